The first-order chi connectivity index (χ1) is 12.0. The van der Waals surface area contributed by atoms with Crippen LogP contribution in [0.3, 0.4) is 0 Å². The fourth-order valence-electron chi connectivity index (χ4n) is 3.23. The van der Waals surface area contributed by atoms with Crippen molar-refractivity contribution in [1.82, 2.24) is 10.3 Å². The summed E-state index contributed by atoms with van der Waals surface area (Å²) in [5.74, 6) is -0.222. The van der Waals surface area contributed by atoms with Gasteiger partial charge >= 0.3 is 0 Å². The van der Waals surface area contributed by atoms with Crippen LogP contribution in [0.15, 0.2) is 41.2 Å². The van der Waals surface area contributed by atoms with Crippen LogP contribution in [0.5, 0.6) is 0 Å². The molecule has 0 bridgehead atoms. The van der Waals surface area contributed by atoms with Crippen LogP contribution in [0.4, 0.5) is 0 Å². The maximum absolute atomic E-state index is 12.3. The van der Waals surface area contributed by atoms with E-state index in [4.69, 9.17) is 0 Å². The number of pyridine rings is 1. The average Bonchev–Trinajstić information content (AvgIpc) is 2.58. The molecule has 1 amide bonds. The molecule has 1 aromatic carbocycles. The van der Waals surface area contributed by atoms with Gasteiger partial charge in [-0.15, -0.1) is 0 Å². The fourth-order valence-corrected chi connectivity index (χ4v) is 3.23. The Balaban J connectivity index is 1.63. The molecule has 0 spiro atoms. The first-order valence-electron chi connectivity index (χ1n) is 8.66. The number of hydrogen-bond acceptors (Lipinski definition) is 3. The standard InChI is InChI=1S/C20H22N2O3/c1-13-10-17-15(18(23)11-13)12-16(20(25)22-17)19(24)21-9-5-8-14-6-3-2-4-7-14/h2-4,6-7,12-13H,5,8-11H2,1H3,(H,21,24)(H,22,25). The van der Waals surface area contributed by atoms with E-state index in [1.165, 1.54) is 11.6 Å². The molecule has 0 saturated carbocycles. The molecule has 0 fully saturated rings. The first kappa shape index (κ1) is 17.1. The van der Waals surface area contributed by atoms with E-state index in [1.807, 2.05) is 37.3 Å². The fraction of sp³-hybridized carbons (Fsp3) is 0.350. The lowest BCUT2D eigenvalue weighted by molar-refractivity contribution is 0.0951. The van der Waals surface area contributed by atoms with Gasteiger partial charge in [-0.05, 0) is 36.8 Å². The normalized spacial score (nSPS) is 16.4. The molecule has 1 aliphatic rings. The molecular formula is C20H22N2O3. The summed E-state index contributed by atoms with van der Waals surface area (Å²) in [5, 5.41) is 2.77. The van der Waals surface area contributed by atoms with Crippen LogP contribution >= 0.6 is 0 Å². The Kier molecular flexibility index (Phi) is 5.12. The zero-order valence-corrected chi connectivity index (χ0v) is 14.3. The monoisotopic (exact) mass is 338 g/mol. The predicted octanol–water partition coefficient (Wildman–Crippen LogP) is 2.50. The van der Waals surface area contributed by atoms with Crippen LogP contribution in [-0.2, 0) is 12.8 Å². The zero-order chi connectivity index (χ0) is 17.8. The SMILES string of the molecule is CC1CC(=O)c2cc(C(=O)NCCCc3ccccc3)c(=O)[nH]c2C1. The van der Waals surface area contributed by atoms with Crippen LogP contribution in [0, 0.1) is 5.92 Å². The number of aromatic amines is 1. The Morgan fingerprint density at radius 1 is 1.20 bits per heavy atom. The molecule has 1 aliphatic carbocycles. The molecule has 0 saturated heterocycles. The number of amides is 1. The zero-order valence-electron chi connectivity index (χ0n) is 14.3. The Bertz CT molecular complexity index is 840. The molecule has 1 heterocycles. The van der Waals surface area contributed by atoms with Crippen molar-refractivity contribution in [3.8, 4) is 0 Å². The summed E-state index contributed by atoms with van der Waals surface area (Å²) in [6.45, 7) is 2.46. The van der Waals surface area contributed by atoms with Crippen LogP contribution in [0.25, 0.3) is 0 Å². The number of benzene rings is 1. The highest BCUT2D eigenvalue weighted by Gasteiger charge is 2.25. The smallest absolute Gasteiger partial charge is 0.261 e. The number of ketones is 1. The topological polar surface area (TPSA) is 79.0 Å². The average molecular weight is 338 g/mol. The van der Waals surface area contributed by atoms with E-state index in [-0.39, 0.29) is 17.3 Å². The molecular weight excluding hydrogens is 316 g/mol. The molecule has 5 heteroatoms. The summed E-state index contributed by atoms with van der Waals surface area (Å²) in [5.41, 5.74) is 1.92. The second-order valence-corrected chi connectivity index (χ2v) is 6.69. The lowest BCUT2D eigenvalue weighted by Gasteiger charge is -2.20. The summed E-state index contributed by atoms with van der Waals surface area (Å²) in [6, 6.07) is 11.5. The minimum atomic E-state index is -0.429. The minimum Gasteiger partial charge on any atom is -0.352 e. The van der Waals surface area contributed by atoms with Gasteiger partial charge in [0.1, 0.15) is 5.56 Å². The first-order valence-corrected chi connectivity index (χ1v) is 8.66. The Labute approximate surface area is 146 Å². The van der Waals surface area contributed by atoms with Gasteiger partial charge in [-0.25, -0.2) is 0 Å². The van der Waals surface area contributed by atoms with E-state index in [0.29, 0.717) is 30.6 Å². The Hall–Kier alpha value is -2.69. The second kappa shape index (κ2) is 7.47. The number of fused-ring (bicyclic) bond motifs is 1. The molecule has 2 N–H and O–H groups in total. The number of carbonyl (C=O) groups is 2. The van der Waals surface area contributed by atoms with E-state index in [9.17, 15) is 14.4 Å². The van der Waals surface area contributed by atoms with Crippen LogP contribution in [0.1, 0.15) is 51.7 Å². The van der Waals surface area contributed by atoms with E-state index in [0.717, 1.165) is 12.8 Å². The number of hydrogen-bond donors (Lipinski definition) is 2. The number of Topliss-reactive ketones (excluding diaryl/α,β-unsaturated/α-hetero) is 1. The number of nitrogens with one attached hydrogen (secondary N) is 2. The molecule has 1 unspecified atom stereocenters. The van der Waals surface area contributed by atoms with Gasteiger partial charge in [-0.1, -0.05) is 37.3 Å². The van der Waals surface area contributed by atoms with Crippen molar-refractivity contribution in [3.63, 3.8) is 0 Å². The summed E-state index contributed by atoms with van der Waals surface area (Å²) in [7, 11) is 0. The van der Waals surface area contributed by atoms with Crippen LogP contribution in [0.2, 0.25) is 0 Å². The van der Waals surface area contributed by atoms with Gasteiger partial charge in [0, 0.05) is 24.2 Å². The van der Waals surface area contributed by atoms with Crippen LogP contribution < -0.4 is 10.9 Å². The van der Waals surface area contributed by atoms with Gasteiger partial charge in [0.25, 0.3) is 11.5 Å². The summed E-state index contributed by atoms with van der Waals surface area (Å²) >= 11 is 0. The van der Waals surface area contributed by atoms with Gasteiger partial charge in [0.05, 0.1) is 0 Å². The van der Waals surface area contributed by atoms with Crippen molar-refractivity contribution in [2.45, 2.75) is 32.6 Å². The highest BCUT2D eigenvalue weighted by atomic mass is 16.2. The lowest BCUT2D eigenvalue weighted by Crippen LogP contribution is -2.33. The number of carbonyl (C=O) groups excluding carboxylic acids is 2. The molecule has 2 aromatic rings. The van der Waals surface area contributed by atoms with Crippen molar-refractivity contribution in [2.75, 3.05) is 6.54 Å². The molecule has 0 aliphatic heterocycles. The number of H-pyrrole nitrogens is 1. The number of aryl methyl sites for hydroxylation is 1. The van der Waals surface area contributed by atoms with Crippen molar-refractivity contribution in [3.05, 3.63) is 69.1 Å². The van der Waals surface area contributed by atoms with E-state index in [2.05, 4.69) is 10.3 Å². The highest BCUT2D eigenvalue weighted by Crippen LogP contribution is 2.23. The molecule has 0 radical (unpaired) electrons. The van der Waals surface area contributed by atoms with Gasteiger partial charge in [-0.3, -0.25) is 14.4 Å². The third-order valence-corrected chi connectivity index (χ3v) is 4.52. The van der Waals surface area contributed by atoms with Crippen molar-refractivity contribution in [1.29, 1.82) is 0 Å². The molecule has 1 atom stereocenters. The summed E-state index contributed by atoms with van der Waals surface area (Å²) < 4.78 is 0. The van der Waals surface area contributed by atoms with E-state index >= 15 is 0 Å². The van der Waals surface area contributed by atoms with Gasteiger partial charge < -0.3 is 10.3 Å². The third kappa shape index (κ3) is 4.05. The molecule has 5 nitrogen and oxygen atoms in total. The Morgan fingerprint density at radius 3 is 2.72 bits per heavy atom. The maximum atomic E-state index is 12.3. The van der Waals surface area contributed by atoms with Crippen molar-refractivity contribution >= 4 is 11.7 Å². The van der Waals surface area contributed by atoms with E-state index < -0.39 is 11.5 Å². The molecule has 130 valence electrons. The minimum absolute atomic E-state index is 0.0110. The van der Waals surface area contributed by atoms with Crippen molar-refractivity contribution < 1.29 is 9.59 Å². The number of aromatic nitrogens is 1. The summed E-state index contributed by atoms with van der Waals surface area (Å²) in [6.07, 6.45) is 2.76. The van der Waals surface area contributed by atoms with E-state index in [1.54, 1.807) is 0 Å². The number of rotatable bonds is 5. The second-order valence-electron chi connectivity index (χ2n) is 6.69. The lowest BCUT2D eigenvalue weighted by atomic mass is 9.86. The molecule has 25 heavy (non-hydrogen) atoms. The molecule has 1 aromatic heterocycles. The Morgan fingerprint density at radius 2 is 1.96 bits per heavy atom. The quantitative estimate of drug-likeness (QED) is 0.822. The van der Waals surface area contributed by atoms with Gasteiger partial charge in [-0.2, -0.15) is 0 Å². The maximum Gasteiger partial charge on any atom is 0.261 e. The predicted molar refractivity (Wildman–Crippen MR) is 96.0 cm³/mol. The third-order valence-electron chi connectivity index (χ3n) is 4.52. The van der Waals surface area contributed by atoms with Gasteiger partial charge in [0.2, 0.25) is 0 Å². The van der Waals surface area contributed by atoms with Crippen molar-refractivity contribution in [2.24, 2.45) is 5.92 Å². The molecule has 3 rings (SSSR count). The highest BCUT2D eigenvalue weighted by molar-refractivity contribution is 6.01. The summed E-state index contributed by atoms with van der Waals surface area (Å²) in [4.78, 5) is 39.3. The van der Waals surface area contributed by atoms with Crippen LogP contribution in [-0.4, -0.2) is 23.2 Å². The van der Waals surface area contributed by atoms with Gasteiger partial charge in [0.15, 0.2) is 5.78 Å². The largest absolute Gasteiger partial charge is 0.352 e.